The average Bonchev–Trinajstić information content (AvgIpc) is 2.44. The molecule has 1 N–H and O–H groups in total. The molecule has 0 fully saturated rings. The topological polar surface area (TPSA) is 38.3 Å². The third-order valence-electron chi connectivity index (χ3n) is 3.50. The monoisotopic (exact) mass is 277 g/mol. The van der Waals surface area contributed by atoms with Crippen LogP contribution in [-0.4, -0.2) is 18.6 Å². The summed E-state index contributed by atoms with van der Waals surface area (Å²) < 4.78 is 5.81. The summed E-state index contributed by atoms with van der Waals surface area (Å²) >= 11 is 0. The minimum atomic E-state index is -0.404. The molecule has 0 heterocycles. The second-order valence-corrected chi connectivity index (χ2v) is 5.26. The van der Waals surface area contributed by atoms with Gasteiger partial charge in [-0.3, -0.25) is 4.79 Å². The predicted molar refractivity (Wildman–Crippen MR) is 83.2 cm³/mol. The molecule has 112 valence electrons. The normalized spacial score (nSPS) is 12.0. The van der Waals surface area contributed by atoms with E-state index in [-0.39, 0.29) is 5.91 Å². The fourth-order valence-corrected chi connectivity index (χ4v) is 1.97. The lowest BCUT2D eigenvalue weighted by Gasteiger charge is -2.18. The van der Waals surface area contributed by atoms with Crippen molar-refractivity contribution in [2.24, 2.45) is 0 Å². The van der Waals surface area contributed by atoms with Crippen LogP contribution in [0.15, 0.2) is 18.2 Å². The Balaban J connectivity index is 2.52. The lowest BCUT2D eigenvalue weighted by atomic mass is 10.1. The minimum absolute atomic E-state index is 0.0122. The highest BCUT2D eigenvalue weighted by Gasteiger charge is 2.17. The summed E-state index contributed by atoms with van der Waals surface area (Å²) in [4.78, 5) is 12.1. The van der Waals surface area contributed by atoms with Gasteiger partial charge in [-0.25, -0.2) is 0 Å². The lowest BCUT2D eigenvalue weighted by molar-refractivity contribution is -0.128. The Morgan fingerprint density at radius 1 is 1.20 bits per heavy atom. The van der Waals surface area contributed by atoms with Crippen molar-refractivity contribution in [1.29, 1.82) is 0 Å². The zero-order chi connectivity index (χ0) is 15.0. The smallest absolute Gasteiger partial charge is 0.261 e. The number of hydrogen-bond acceptors (Lipinski definition) is 2. The van der Waals surface area contributed by atoms with E-state index in [0.29, 0.717) is 6.42 Å². The third kappa shape index (κ3) is 5.24. The Morgan fingerprint density at radius 3 is 2.55 bits per heavy atom. The number of aryl methyl sites for hydroxylation is 2. The summed E-state index contributed by atoms with van der Waals surface area (Å²) in [5.41, 5.74) is 2.41. The molecule has 3 nitrogen and oxygen atoms in total. The second-order valence-electron chi connectivity index (χ2n) is 5.26. The fraction of sp³-hybridized carbons (Fsp3) is 0.588. The van der Waals surface area contributed by atoms with Crippen LogP contribution in [0.4, 0.5) is 0 Å². The second kappa shape index (κ2) is 8.62. The number of benzene rings is 1. The Morgan fingerprint density at radius 2 is 1.95 bits per heavy atom. The molecule has 1 amide bonds. The SMILES string of the molecule is CCCCCNC(=O)C(CC)Oc1ccc(C)c(C)c1. The molecular formula is C17H27NO2. The van der Waals surface area contributed by atoms with Gasteiger partial charge in [0.05, 0.1) is 0 Å². The van der Waals surface area contributed by atoms with Crippen LogP contribution in [0.25, 0.3) is 0 Å². The standard InChI is InChI=1S/C17H27NO2/c1-5-7-8-11-18-17(19)16(6-2)20-15-10-9-13(3)14(4)12-15/h9-10,12,16H,5-8,11H2,1-4H3,(H,18,19). The van der Waals surface area contributed by atoms with Gasteiger partial charge in [0.15, 0.2) is 6.10 Å². The first kappa shape index (κ1) is 16.5. The van der Waals surface area contributed by atoms with Crippen molar-refractivity contribution in [3.8, 4) is 5.75 Å². The van der Waals surface area contributed by atoms with Crippen molar-refractivity contribution >= 4 is 5.91 Å². The molecular weight excluding hydrogens is 250 g/mol. The van der Waals surface area contributed by atoms with Gasteiger partial charge in [0.2, 0.25) is 0 Å². The molecule has 20 heavy (non-hydrogen) atoms. The molecule has 0 aliphatic rings. The van der Waals surface area contributed by atoms with Gasteiger partial charge in [-0.2, -0.15) is 0 Å². The Kier molecular flexibility index (Phi) is 7.13. The highest BCUT2D eigenvalue weighted by molar-refractivity contribution is 5.81. The Labute approximate surface area is 122 Å². The van der Waals surface area contributed by atoms with E-state index in [1.165, 1.54) is 11.1 Å². The first-order chi connectivity index (χ1) is 9.58. The molecule has 0 spiro atoms. The van der Waals surface area contributed by atoms with Gasteiger partial charge in [0.1, 0.15) is 5.75 Å². The van der Waals surface area contributed by atoms with E-state index < -0.39 is 6.10 Å². The predicted octanol–water partition coefficient (Wildman–Crippen LogP) is 3.77. The van der Waals surface area contributed by atoms with Gasteiger partial charge in [0, 0.05) is 6.54 Å². The summed E-state index contributed by atoms with van der Waals surface area (Å²) in [5.74, 6) is 0.755. The highest BCUT2D eigenvalue weighted by atomic mass is 16.5. The number of nitrogens with one attached hydrogen (secondary N) is 1. The van der Waals surface area contributed by atoms with E-state index in [2.05, 4.69) is 19.2 Å². The maximum absolute atomic E-state index is 12.1. The third-order valence-corrected chi connectivity index (χ3v) is 3.50. The number of rotatable bonds is 8. The van der Waals surface area contributed by atoms with E-state index in [1.807, 2.05) is 32.0 Å². The molecule has 0 aliphatic heterocycles. The maximum atomic E-state index is 12.1. The van der Waals surface area contributed by atoms with Gasteiger partial charge in [-0.15, -0.1) is 0 Å². The van der Waals surface area contributed by atoms with Crippen LogP contribution in [0, 0.1) is 13.8 Å². The number of ether oxygens (including phenoxy) is 1. The molecule has 0 aromatic heterocycles. The molecule has 0 bridgehead atoms. The Hall–Kier alpha value is -1.51. The summed E-state index contributed by atoms with van der Waals surface area (Å²) in [6, 6.07) is 5.94. The largest absolute Gasteiger partial charge is 0.481 e. The molecule has 1 atom stereocenters. The fourth-order valence-electron chi connectivity index (χ4n) is 1.97. The number of unbranched alkanes of at least 4 members (excludes halogenated alkanes) is 2. The van der Waals surface area contributed by atoms with E-state index in [0.717, 1.165) is 31.6 Å². The molecule has 0 saturated carbocycles. The van der Waals surface area contributed by atoms with Gasteiger partial charge in [-0.1, -0.05) is 32.8 Å². The van der Waals surface area contributed by atoms with Crippen molar-refractivity contribution in [2.75, 3.05) is 6.54 Å². The lowest BCUT2D eigenvalue weighted by Crippen LogP contribution is -2.38. The molecule has 1 rings (SSSR count). The van der Waals surface area contributed by atoms with Crippen molar-refractivity contribution in [3.63, 3.8) is 0 Å². The van der Waals surface area contributed by atoms with Crippen LogP contribution in [0.1, 0.15) is 50.7 Å². The highest BCUT2D eigenvalue weighted by Crippen LogP contribution is 2.18. The zero-order valence-electron chi connectivity index (χ0n) is 13.2. The first-order valence-electron chi connectivity index (χ1n) is 7.60. The molecule has 1 aromatic carbocycles. The van der Waals surface area contributed by atoms with E-state index in [4.69, 9.17) is 4.74 Å². The molecule has 1 aromatic rings. The summed E-state index contributed by atoms with van der Waals surface area (Å²) in [5, 5.41) is 2.95. The molecule has 3 heteroatoms. The van der Waals surface area contributed by atoms with Crippen molar-refractivity contribution in [3.05, 3.63) is 29.3 Å². The quantitative estimate of drug-likeness (QED) is 0.735. The molecule has 1 unspecified atom stereocenters. The van der Waals surface area contributed by atoms with Crippen molar-refractivity contribution < 1.29 is 9.53 Å². The number of amides is 1. The van der Waals surface area contributed by atoms with Crippen LogP contribution < -0.4 is 10.1 Å². The first-order valence-corrected chi connectivity index (χ1v) is 7.60. The Bertz CT molecular complexity index is 429. The molecule has 0 aliphatic carbocycles. The van der Waals surface area contributed by atoms with Crippen molar-refractivity contribution in [2.45, 2.75) is 59.5 Å². The molecule has 0 radical (unpaired) electrons. The van der Waals surface area contributed by atoms with Gasteiger partial charge < -0.3 is 10.1 Å². The van der Waals surface area contributed by atoms with Crippen LogP contribution >= 0.6 is 0 Å². The summed E-state index contributed by atoms with van der Waals surface area (Å²) in [6.07, 6.45) is 3.61. The minimum Gasteiger partial charge on any atom is -0.481 e. The zero-order valence-corrected chi connectivity index (χ0v) is 13.2. The number of hydrogen-bond donors (Lipinski definition) is 1. The van der Waals surface area contributed by atoms with Gasteiger partial charge in [-0.05, 0) is 49.9 Å². The van der Waals surface area contributed by atoms with Crippen molar-refractivity contribution in [1.82, 2.24) is 5.32 Å². The van der Waals surface area contributed by atoms with Gasteiger partial charge >= 0.3 is 0 Å². The summed E-state index contributed by atoms with van der Waals surface area (Å²) in [7, 11) is 0. The number of carbonyl (C=O) groups excluding carboxylic acids is 1. The average molecular weight is 277 g/mol. The van der Waals surface area contributed by atoms with E-state index in [9.17, 15) is 4.79 Å². The van der Waals surface area contributed by atoms with Crippen LogP contribution in [0.2, 0.25) is 0 Å². The van der Waals surface area contributed by atoms with Crippen LogP contribution in [-0.2, 0) is 4.79 Å². The van der Waals surface area contributed by atoms with E-state index in [1.54, 1.807) is 0 Å². The van der Waals surface area contributed by atoms with Crippen LogP contribution in [0.5, 0.6) is 5.75 Å². The molecule has 0 saturated heterocycles. The maximum Gasteiger partial charge on any atom is 0.261 e. The van der Waals surface area contributed by atoms with Crippen LogP contribution in [0.3, 0.4) is 0 Å². The summed E-state index contributed by atoms with van der Waals surface area (Å²) in [6.45, 7) is 8.97. The van der Waals surface area contributed by atoms with E-state index >= 15 is 0 Å². The van der Waals surface area contributed by atoms with Gasteiger partial charge in [0.25, 0.3) is 5.91 Å². The number of carbonyl (C=O) groups is 1.